The molecule has 0 unspecified atom stereocenters. The van der Waals surface area contributed by atoms with Crippen molar-refractivity contribution in [3.8, 4) is 17.2 Å². The van der Waals surface area contributed by atoms with Crippen molar-refractivity contribution in [3.05, 3.63) is 69.0 Å². The SMILES string of the molecule is COc1ccc(Br)cc1COC(=O)c1ccc(OCc2c(C)noc2C)c(OC)c1. The van der Waals surface area contributed by atoms with Gasteiger partial charge in [-0.1, -0.05) is 21.1 Å². The first-order valence-corrected chi connectivity index (χ1v) is 9.94. The Balaban J connectivity index is 1.69. The maximum atomic E-state index is 12.5. The Morgan fingerprint density at radius 2 is 1.73 bits per heavy atom. The number of methoxy groups -OCH3 is 2. The van der Waals surface area contributed by atoms with Crippen LogP contribution in [-0.4, -0.2) is 25.3 Å². The fourth-order valence-corrected chi connectivity index (χ4v) is 3.27. The van der Waals surface area contributed by atoms with Crippen LogP contribution in [0.4, 0.5) is 0 Å². The van der Waals surface area contributed by atoms with Crippen molar-refractivity contribution in [3.63, 3.8) is 0 Å². The summed E-state index contributed by atoms with van der Waals surface area (Å²) in [5.74, 6) is 1.80. The van der Waals surface area contributed by atoms with Crippen LogP contribution >= 0.6 is 15.9 Å². The molecule has 0 bridgehead atoms. The van der Waals surface area contributed by atoms with Crippen LogP contribution in [0.5, 0.6) is 17.2 Å². The normalized spacial score (nSPS) is 10.6. The van der Waals surface area contributed by atoms with E-state index in [-0.39, 0.29) is 13.2 Å². The quantitative estimate of drug-likeness (QED) is 0.423. The summed E-state index contributed by atoms with van der Waals surface area (Å²) in [6, 6.07) is 10.4. The van der Waals surface area contributed by atoms with Crippen LogP contribution in [0.15, 0.2) is 45.4 Å². The number of esters is 1. The third-order valence-electron chi connectivity index (χ3n) is 4.55. The molecule has 7 nitrogen and oxygen atoms in total. The molecule has 0 fully saturated rings. The van der Waals surface area contributed by atoms with Crippen molar-refractivity contribution in [2.45, 2.75) is 27.1 Å². The summed E-state index contributed by atoms with van der Waals surface area (Å²) < 4.78 is 28.0. The van der Waals surface area contributed by atoms with E-state index in [2.05, 4.69) is 21.1 Å². The zero-order valence-electron chi connectivity index (χ0n) is 17.2. The van der Waals surface area contributed by atoms with E-state index in [4.69, 9.17) is 23.5 Å². The van der Waals surface area contributed by atoms with Gasteiger partial charge in [0, 0.05) is 10.0 Å². The third kappa shape index (κ3) is 4.94. The number of nitrogens with zero attached hydrogens (tertiary/aromatic N) is 1. The lowest BCUT2D eigenvalue weighted by atomic mass is 10.2. The van der Waals surface area contributed by atoms with E-state index < -0.39 is 5.97 Å². The van der Waals surface area contributed by atoms with E-state index in [1.54, 1.807) is 31.4 Å². The summed E-state index contributed by atoms with van der Waals surface area (Å²) in [6.07, 6.45) is 0. The highest BCUT2D eigenvalue weighted by molar-refractivity contribution is 9.10. The molecule has 0 saturated carbocycles. The Morgan fingerprint density at radius 1 is 1.00 bits per heavy atom. The Hall–Kier alpha value is -3.00. The van der Waals surface area contributed by atoms with Crippen LogP contribution in [0, 0.1) is 13.8 Å². The number of aromatic nitrogens is 1. The molecule has 2 aromatic carbocycles. The van der Waals surface area contributed by atoms with Crippen LogP contribution in [0.3, 0.4) is 0 Å². The van der Waals surface area contributed by atoms with Gasteiger partial charge < -0.3 is 23.5 Å². The first-order chi connectivity index (χ1) is 14.4. The Kier molecular flexibility index (Phi) is 6.99. The minimum absolute atomic E-state index is 0.0774. The van der Waals surface area contributed by atoms with Crippen molar-refractivity contribution in [2.24, 2.45) is 0 Å². The number of benzene rings is 2. The standard InChI is InChI=1S/C22H22BrNO6/c1-13-18(14(2)30-24-13)12-28-20-7-5-15(10-21(20)27-4)22(25)29-11-16-9-17(23)6-8-19(16)26-3/h5-10H,11-12H2,1-4H3. The molecule has 8 heteroatoms. The number of rotatable bonds is 8. The van der Waals surface area contributed by atoms with Crippen LogP contribution in [-0.2, 0) is 18.0 Å². The predicted molar refractivity (Wildman–Crippen MR) is 113 cm³/mol. The molecule has 0 amide bonds. The maximum absolute atomic E-state index is 12.5. The van der Waals surface area contributed by atoms with Crippen LogP contribution in [0.2, 0.25) is 0 Å². The highest BCUT2D eigenvalue weighted by atomic mass is 79.9. The fraction of sp³-hybridized carbons (Fsp3) is 0.273. The van der Waals surface area contributed by atoms with Gasteiger partial charge in [-0.15, -0.1) is 0 Å². The zero-order valence-corrected chi connectivity index (χ0v) is 18.7. The van der Waals surface area contributed by atoms with Crippen LogP contribution < -0.4 is 14.2 Å². The molecule has 1 heterocycles. The first-order valence-electron chi connectivity index (χ1n) is 9.15. The number of aryl methyl sites for hydroxylation is 2. The summed E-state index contributed by atoms with van der Waals surface area (Å²) in [7, 11) is 3.08. The lowest BCUT2D eigenvalue weighted by Gasteiger charge is -2.13. The van der Waals surface area contributed by atoms with E-state index in [1.807, 2.05) is 26.0 Å². The zero-order chi connectivity index (χ0) is 21.7. The molecular weight excluding hydrogens is 454 g/mol. The molecule has 3 rings (SSSR count). The molecule has 158 valence electrons. The van der Waals surface area contributed by atoms with Gasteiger partial charge >= 0.3 is 5.97 Å². The second-order valence-corrected chi connectivity index (χ2v) is 7.41. The monoisotopic (exact) mass is 475 g/mol. The van der Waals surface area contributed by atoms with Gasteiger partial charge in [0.1, 0.15) is 24.7 Å². The van der Waals surface area contributed by atoms with Crippen LogP contribution in [0.1, 0.15) is 32.9 Å². The van der Waals surface area contributed by atoms with Crippen LogP contribution in [0.25, 0.3) is 0 Å². The van der Waals surface area contributed by atoms with Crippen molar-refractivity contribution in [1.29, 1.82) is 0 Å². The van der Waals surface area contributed by atoms with Crippen molar-refractivity contribution < 1.29 is 28.3 Å². The van der Waals surface area contributed by atoms with E-state index in [9.17, 15) is 4.79 Å². The van der Waals surface area contributed by atoms with Crippen molar-refractivity contribution in [2.75, 3.05) is 14.2 Å². The summed E-state index contributed by atoms with van der Waals surface area (Å²) in [6.45, 7) is 4.04. The molecule has 30 heavy (non-hydrogen) atoms. The van der Waals surface area contributed by atoms with Gasteiger partial charge in [-0.2, -0.15) is 0 Å². The molecule has 0 aliphatic rings. The second-order valence-electron chi connectivity index (χ2n) is 6.49. The number of carbonyl (C=O) groups excluding carboxylic acids is 1. The Labute approximate surface area is 183 Å². The summed E-state index contributed by atoms with van der Waals surface area (Å²) in [5, 5.41) is 3.91. The molecule has 0 N–H and O–H groups in total. The van der Waals surface area contributed by atoms with Gasteiger partial charge in [0.05, 0.1) is 31.0 Å². The third-order valence-corrected chi connectivity index (χ3v) is 5.05. The minimum Gasteiger partial charge on any atom is -0.496 e. The van der Waals surface area contributed by atoms with Gasteiger partial charge in [0.15, 0.2) is 11.5 Å². The Bertz CT molecular complexity index is 1030. The smallest absolute Gasteiger partial charge is 0.338 e. The topological polar surface area (TPSA) is 80.0 Å². The molecule has 1 aromatic heterocycles. The van der Waals surface area contributed by atoms with E-state index in [1.165, 1.54) is 7.11 Å². The number of hydrogen-bond donors (Lipinski definition) is 0. The largest absolute Gasteiger partial charge is 0.496 e. The molecule has 0 spiro atoms. The van der Waals surface area contributed by atoms with Gasteiger partial charge in [-0.25, -0.2) is 4.79 Å². The highest BCUT2D eigenvalue weighted by Crippen LogP contribution is 2.30. The molecule has 0 aliphatic heterocycles. The van der Waals surface area contributed by atoms with Crippen molar-refractivity contribution in [1.82, 2.24) is 5.16 Å². The summed E-state index contributed by atoms with van der Waals surface area (Å²) in [4.78, 5) is 12.5. The van der Waals surface area contributed by atoms with E-state index in [0.717, 1.165) is 21.3 Å². The van der Waals surface area contributed by atoms with E-state index >= 15 is 0 Å². The average Bonchev–Trinajstić information content (AvgIpc) is 3.07. The van der Waals surface area contributed by atoms with Gasteiger partial charge in [-0.05, 0) is 50.2 Å². The van der Waals surface area contributed by atoms with Gasteiger partial charge in [0.25, 0.3) is 0 Å². The molecule has 0 radical (unpaired) electrons. The maximum Gasteiger partial charge on any atom is 0.338 e. The number of halogens is 1. The highest BCUT2D eigenvalue weighted by Gasteiger charge is 2.16. The summed E-state index contributed by atoms with van der Waals surface area (Å²) in [5.41, 5.74) is 2.76. The number of carbonyl (C=O) groups is 1. The lowest BCUT2D eigenvalue weighted by molar-refractivity contribution is 0.0469. The Morgan fingerprint density at radius 3 is 2.40 bits per heavy atom. The average molecular weight is 476 g/mol. The molecular formula is C22H22BrNO6. The minimum atomic E-state index is -0.479. The van der Waals surface area contributed by atoms with Gasteiger partial charge in [0.2, 0.25) is 0 Å². The predicted octanol–water partition coefficient (Wildman–Crippen LogP) is 5.01. The van der Waals surface area contributed by atoms with Gasteiger partial charge in [-0.3, -0.25) is 0 Å². The number of ether oxygens (including phenoxy) is 4. The molecule has 0 saturated heterocycles. The van der Waals surface area contributed by atoms with Crippen molar-refractivity contribution >= 4 is 21.9 Å². The fourth-order valence-electron chi connectivity index (χ4n) is 2.86. The summed E-state index contributed by atoms with van der Waals surface area (Å²) >= 11 is 3.41. The second kappa shape index (κ2) is 9.67. The lowest BCUT2D eigenvalue weighted by Crippen LogP contribution is -2.07. The molecule has 0 atom stereocenters. The molecule has 0 aliphatic carbocycles. The number of hydrogen-bond acceptors (Lipinski definition) is 7. The molecule has 3 aromatic rings. The first kappa shape index (κ1) is 21.7. The van der Waals surface area contributed by atoms with E-state index in [0.29, 0.717) is 28.6 Å².